The molecule has 0 aliphatic carbocycles. The van der Waals surface area contributed by atoms with Crippen molar-refractivity contribution in [2.75, 3.05) is 0 Å². The second-order valence-electron chi connectivity index (χ2n) is 3.13. The lowest BCUT2D eigenvalue weighted by atomic mass is 9.96. The zero-order valence-electron chi connectivity index (χ0n) is 6.90. The maximum Gasteiger partial charge on any atom is 0.130 e. The minimum Gasteiger partial charge on any atom is -0.488 e. The second-order valence-corrected chi connectivity index (χ2v) is 3.13. The summed E-state index contributed by atoms with van der Waals surface area (Å²) in [5, 5.41) is 0. The van der Waals surface area contributed by atoms with Crippen LogP contribution >= 0.6 is 0 Å². The molecule has 0 aromatic rings. The summed E-state index contributed by atoms with van der Waals surface area (Å²) >= 11 is 0. The first-order valence-corrected chi connectivity index (χ1v) is 3.56. The predicted octanol–water partition coefficient (Wildman–Crippen LogP) is 2.65. The van der Waals surface area contributed by atoms with Gasteiger partial charge >= 0.3 is 0 Å². The summed E-state index contributed by atoms with van der Waals surface area (Å²) in [6.45, 7) is 9.94. The number of hydrogen-bond acceptors (Lipinski definition) is 1. The number of ether oxygens (including phenoxy) is 1. The van der Waals surface area contributed by atoms with Crippen LogP contribution in [0, 0.1) is 0 Å². The van der Waals surface area contributed by atoms with E-state index >= 15 is 0 Å². The fraction of sp³-hybridized carbons (Fsp3) is 0.556. The van der Waals surface area contributed by atoms with Crippen molar-refractivity contribution >= 4 is 0 Å². The third-order valence-corrected chi connectivity index (χ3v) is 2.07. The third-order valence-electron chi connectivity index (χ3n) is 2.07. The molecule has 0 radical (unpaired) electrons. The molecule has 1 aliphatic heterocycles. The van der Waals surface area contributed by atoms with Crippen LogP contribution in [0.5, 0.6) is 0 Å². The lowest BCUT2D eigenvalue weighted by Crippen LogP contribution is -2.24. The van der Waals surface area contributed by atoms with Gasteiger partial charge in [0.2, 0.25) is 0 Å². The molecule has 0 saturated carbocycles. The summed E-state index contributed by atoms with van der Waals surface area (Å²) in [6, 6.07) is 0. The Morgan fingerprint density at radius 1 is 1.80 bits per heavy atom. The molecule has 10 heavy (non-hydrogen) atoms. The Hall–Kier alpha value is -0.720. The fourth-order valence-electron chi connectivity index (χ4n) is 1.04. The van der Waals surface area contributed by atoms with Gasteiger partial charge in [0.1, 0.15) is 5.60 Å². The molecule has 1 rings (SSSR count). The average Bonchev–Trinajstić information content (AvgIpc) is 2.13. The van der Waals surface area contributed by atoms with Crippen molar-refractivity contribution in [1.29, 1.82) is 0 Å². The van der Waals surface area contributed by atoms with E-state index < -0.39 is 0 Å². The van der Waals surface area contributed by atoms with E-state index in [0.717, 1.165) is 17.8 Å². The summed E-state index contributed by atoms with van der Waals surface area (Å²) < 4.78 is 5.57. The van der Waals surface area contributed by atoms with Gasteiger partial charge in [0.05, 0.1) is 5.76 Å². The van der Waals surface area contributed by atoms with E-state index in [1.165, 1.54) is 0 Å². The molecule has 0 spiro atoms. The maximum atomic E-state index is 5.57. The van der Waals surface area contributed by atoms with Crippen molar-refractivity contribution in [2.45, 2.75) is 32.8 Å². The topological polar surface area (TPSA) is 9.23 Å². The van der Waals surface area contributed by atoms with E-state index in [-0.39, 0.29) is 5.60 Å². The van der Waals surface area contributed by atoms with Crippen LogP contribution in [0.15, 0.2) is 24.0 Å². The van der Waals surface area contributed by atoms with Gasteiger partial charge in [-0.25, -0.2) is 0 Å². The molecule has 56 valence electrons. The minimum atomic E-state index is -0.121. The molecule has 0 fully saturated rings. The highest BCUT2D eigenvalue weighted by molar-refractivity contribution is 5.18. The standard InChI is InChI=1S/C9H14O/c1-7(2)9(4)6-5-8(3)10-9/h5H,1,6H2,2-4H3. The number of allylic oxidation sites excluding steroid dienone is 1. The largest absolute Gasteiger partial charge is 0.488 e. The maximum absolute atomic E-state index is 5.57. The summed E-state index contributed by atoms with van der Waals surface area (Å²) in [4.78, 5) is 0. The van der Waals surface area contributed by atoms with Crippen molar-refractivity contribution in [3.8, 4) is 0 Å². The van der Waals surface area contributed by atoms with Crippen molar-refractivity contribution in [3.05, 3.63) is 24.0 Å². The minimum absolute atomic E-state index is 0.121. The van der Waals surface area contributed by atoms with Gasteiger partial charge in [-0.1, -0.05) is 6.58 Å². The monoisotopic (exact) mass is 138 g/mol. The molecular weight excluding hydrogens is 124 g/mol. The fourth-order valence-corrected chi connectivity index (χ4v) is 1.04. The molecule has 0 saturated heterocycles. The first-order valence-electron chi connectivity index (χ1n) is 3.56. The number of hydrogen-bond donors (Lipinski definition) is 0. The van der Waals surface area contributed by atoms with E-state index in [1.54, 1.807) is 0 Å². The Balaban J connectivity index is 2.70. The Morgan fingerprint density at radius 2 is 2.40 bits per heavy atom. The zero-order chi connectivity index (χ0) is 7.78. The van der Waals surface area contributed by atoms with Crippen LogP contribution in [0.25, 0.3) is 0 Å². The van der Waals surface area contributed by atoms with Crippen LogP contribution in [0.3, 0.4) is 0 Å². The first kappa shape index (κ1) is 7.39. The van der Waals surface area contributed by atoms with Crippen molar-refractivity contribution in [1.82, 2.24) is 0 Å². The lowest BCUT2D eigenvalue weighted by Gasteiger charge is -2.24. The van der Waals surface area contributed by atoms with E-state index in [4.69, 9.17) is 4.74 Å². The molecule has 1 heterocycles. The van der Waals surface area contributed by atoms with E-state index in [1.807, 2.05) is 13.8 Å². The summed E-state index contributed by atoms with van der Waals surface area (Å²) in [7, 11) is 0. The van der Waals surface area contributed by atoms with Gasteiger partial charge < -0.3 is 4.74 Å². The molecule has 1 heteroatoms. The highest BCUT2D eigenvalue weighted by Crippen LogP contribution is 2.32. The molecule has 1 aliphatic rings. The molecular formula is C9H14O. The van der Waals surface area contributed by atoms with Gasteiger partial charge in [0.25, 0.3) is 0 Å². The first-order chi connectivity index (χ1) is 4.54. The summed E-state index contributed by atoms with van der Waals surface area (Å²) in [5.41, 5.74) is 0.977. The molecule has 1 atom stereocenters. The van der Waals surface area contributed by atoms with E-state index in [0.29, 0.717) is 0 Å². The van der Waals surface area contributed by atoms with Crippen molar-refractivity contribution < 1.29 is 4.74 Å². The third kappa shape index (κ3) is 1.08. The van der Waals surface area contributed by atoms with E-state index in [2.05, 4.69) is 19.6 Å². The summed E-state index contributed by atoms with van der Waals surface area (Å²) in [6.07, 6.45) is 3.07. The zero-order valence-corrected chi connectivity index (χ0v) is 6.90. The highest BCUT2D eigenvalue weighted by Gasteiger charge is 2.30. The molecule has 0 aromatic carbocycles. The van der Waals surface area contributed by atoms with Crippen LogP contribution in [-0.4, -0.2) is 5.60 Å². The van der Waals surface area contributed by atoms with Crippen molar-refractivity contribution in [2.24, 2.45) is 0 Å². The molecule has 1 nitrogen and oxygen atoms in total. The van der Waals surface area contributed by atoms with Gasteiger partial charge in [0, 0.05) is 6.42 Å². The number of rotatable bonds is 1. The lowest BCUT2D eigenvalue weighted by molar-refractivity contribution is 0.0792. The SMILES string of the molecule is C=C(C)C1(C)CC=C(C)O1. The predicted molar refractivity (Wildman–Crippen MR) is 42.7 cm³/mol. The van der Waals surface area contributed by atoms with Gasteiger partial charge in [0.15, 0.2) is 0 Å². The summed E-state index contributed by atoms with van der Waals surface area (Å²) in [5.74, 6) is 1.02. The van der Waals surface area contributed by atoms with Crippen LogP contribution in [0.2, 0.25) is 0 Å². The highest BCUT2D eigenvalue weighted by atomic mass is 16.5. The Labute approximate surface area is 62.4 Å². The van der Waals surface area contributed by atoms with Crippen LogP contribution in [0.4, 0.5) is 0 Å². The normalized spacial score (nSPS) is 31.3. The van der Waals surface area contributed by atoms with Crippen LogP contribution in [-0.2, 0) is 4.74 Å². The van der Waals surface area contributed by atoms with Gasteiger partial charge in [-0.15, -0.1) is 0 Å². The molecule has 0 amide bonds. The van der Waals surface area contributed by atoms with E-state index in [9.17, 15) is 0 Å². The second kappa shape index (κ2) is 2.15. The molecule has 0 bridgehead atoms. The van der Waals surface area contributed by atoms with Gasteiger partial charge in [-0.3, -0.25) is 0 Å². The van der Waals surface area contributed by atoms with Gasteiger partial charge in [-0.2, -0.15) is 0 Å². The molecule has 0 aromatic heterocycles. The van der Waals surface area contributed by atoms with Crippen LogP contribution in [0.1, 0.15) is 27.2 Å². The smallest absolute Gasteiger partial charge is 0.130 e. The Bertz CT molecular complexity index is 191. The Morgan fingerprint density at radius 3 is 2.60 bits per heavy atom. The molecule has 1 unspecified atom stereocenters. The Kier molecular flexibility index (Phi) is 1.59. The van der Waals surface area contributed by atoms with Gasteiger partial charge in [-0.05, 0) is 32.4 Å². The quantitative estimate of drug-likeness (QED) is 0.506. The van der Waals surface area contributed by atoms with Crippen LogP contribution < -0.4 is 0 Å². The average molecular weight is 138 g/mol. The molecule has 0 N–H and O–H groups in total. The van der Waals surface area contributed by atoms with Crippen molar-refractivity contribution in [3.63, 3.8) is 0 Å².